The Morgan fingerprint density at radius 3 is 1.80 bits per heavy atom. The van der Waals surface area contributed by atoms with Crippen molar-refractivity contribution < 1.29 is 17.9 Å². The molecule has 0 aliphatic carbocycles. The number of benzene rings is 2. The fourth-order valence-electron chi connectivity index (χ4n) is 1.34. The van der Waals surface area contributed by atoms with Crippen LogP contribution in [-0.4, -0.2) is 21.5 Å². The molecule has 0 unspecified atom stereocenters. The first kappa shape index (κ1) is 16.2. The Bertz CT molecular complexity index is 627. The quantitative estimate of drug-likeness (QED) is 0.631. The van der Waals surface area contributed by atoms with Gasteiger partial charge in [0.05, 0.1) is 17.6 Å². The fraction of sp³-hybridized carbons (Fsp3) is 0.0714. The van der Waals surface area contributed by atoms with Crippen LogP contribution in [0.5, 0.6) is 0 Å². The first-order chi connectivity index (χ1) is 9.46. The molecule has 2 aromatic rings. The number of hydrogen-bond acceptors (Lipinski definition) is 4. The molecule has 0 spiro atoms. The summed E-state index contributed by atoms with van der Waals surface area (Å²) in [6.07, 6.45) is 0. The van der Waals surface area contributed by atoms with Crippen LogP contribution >= 0.6 is 10.7 Å². The number of carbonyl (C=O) groups excluding carboxylic acids is 1. The first-order valence-electron chi connectivity index (χ1n) is 5.59. The van der Waals surface area contributed by atoms with Gasteiger partial charge in [-0.25, -0.2) is 13.2 Å². The van der Waals surface area contributed by atoms with Crippen LogP contribution in [-0.2, 0) is 13.8 Å². The Morgan fingerprint density at radius 2 is 1.40 bits per heavy atom. The molecule has 0 radical (unpaired) electrons. The van der Waals surface area contributed by atoms with Gasteiger partial charge in [-0.15, -0.1) is 0 Å². The average molecular weight is 313 g/mol. The predicted molar refractivity (Wildman–Crippen MR) is 77.3 cm³/mol. The highest BCUT2D eigenvalue weighted by Gasteiger charge is 2.19. The van der Waals surface area contributed by atoms with Crippen LogP contribution in [0, 0.1) is 0 Å². The number of ether oxygens (including phenoxy) is 1. The molecular weight excluding hydrogens is 300 g/mol. The predicted octanol–water partition coefficient (Wildman–Crippen LogP) is 3.09. The molecule has 106 valence electrons. The van der Waals surface area contributed by atoms with Gasteiger partial charge >= 0.3 is 5.97 Å². The summed E-state index contributed by atoms with van der Waals surface area (Å²) in [5.41, 5.74) is -0.0648. The van der Waals surface area contributed by atoms with Crippen LogP contribution in [0.25, 0.3) is 0 Å². The second kappa shape index (κ2) is 7.67. The summed E-state index contributed by atoms with van der Waals surface area (Å²) in [4.78, 5) is 10.9. The molecule has 0 heterocycles. The van der Waals surface area contributed by atoms with E-state index in [0.717, 1.165) is 0 Å². The Labute approximate surface area is 122 Å². The zero-order chi connectivity index (χ0) is 15.0. The number of esters is 1. The van der Waals surface area contributed by atoms with Crippen LogP contribution in [0.1, 0.15) is 10.4 Å². The van der Waals surface area contributed by atoms with Gasteiger partial charge in [0.2, 0.25) is 0 Å². The summed E-state index contributed by atoms with van der Waals surface area (Å²) >= 11 is 0. The Balaban J connectivity index is 0.000000276. The average Bonchev–Trinajstić information content (AvgIpc) is 2.48. The Morgan fingerprint density at radius 1 is 0.950 bits per heavy atom. The summed E-state index contributed by atoms with van der Waals surface area (Å²) < 4.78 is 26.5. The maximum atomic E-state index is 11.1. The molecule has 0 aliphatic heterocycles. The van der Waals surface area contributed by atoms with Gasteiger partial charge in [-0.05, 0) is 12.1 Å². The molecule has 0 aliphatic rings. The van der Waals surface area contributed by atoms with E-state index in [1.807, 2.05) is 36.4 Å². The highest BCUT2D eigenvalue weighted by Crippen LogP contribution is 2.20. The largest absolute Gasteiger partial charge is 0.465 e. The second-order valence-corrected chi connectivity index (χ2v) is 6.11. The third-order valence-corrected chi connectivity index (χ3v) is 3.60. The van der Waals surface area contributed by atoms with E-state index in [1.54, 1.807) is 0 Å². The Hall–Kier alpha value is -1.85. The van der Waals surface area contributed by atoms with Crippen LogP contribution in [0.15, 0.2) is 65.6 Å². The van der Waals surface area contributed by atoms with Crippen LogP contribution in [0.4, 0.5) is 0 Å². The highest BCUT2D eigenvalue weighted by atomic mass is 35.7. The molecule has 0 saturated heterocycles. The van der Waals surface area contributed by atoms with Crippen molar-refractivity contribution in [1.29, 1.82) is 0 Å². The fourth-order valence-corrected chi connectivity index (χ4v) is 2.40. The molecule has 0 atom stereocenters. The van der Waals surface area contributed by atoms with Gasteiger partial charge < -0.3 is 4.74 Å². The maximum absolute atomic E-state index is 11.1. The molecule has 6 heteroatoms. The van der Waals surface area contributed by atoms with E-state index in [1.165, 1.54) is 31.4 Å². The SMILES string of the molecule is COC(=O)c1ccccc1S(=O)(=O)Cl.c1ccccc1. The molecular formula is C14H13ClO4S. The van der Waals surface area contributed by atoms with Gasteiger partial charge in [-0.1, -0.05) is 48.5 Å². The van der Waals surface area contributed by atoms with Crippen LogP contribution in [0.3, 0.4) is 0 Å². The summed E-state index contributed by atoms with van der Waals surface area (Å²) in [7, 11) is 2.38. The van der Waals surface area contributed by atoms with Crippen molar-refractivity contribution in [2.24, 2.45) is 0 Å². The minimum absolute atomic E-state index is 0.0648. The van der Waals surface area contributed by atoms with Crippen molar-refractivity contribution in [3.63, 3.8) is 0 Å². The summed E-state index contributed by atoms with van der Waals surface area (Å²) in [5.74, 6) is -0.732. The number of carbonyl (C=O) groups is 1. The molecule has 0 saturated carbocycles. The van der Waals surface area contributed by atoms with Gasteiger partial charge in [0.1, 0.15) is 0 Å². The lowest BCUT2D eigenvalue weighted by atomic mass is 10.2. The molecule has 0 N–H and O–H groups in total. The molecule has 2 rings (SSSR count). The highest BCUT2D eigenvalue weighted by molar-refractivity contribution is 8.13. The smallest absolute Gasteiger partial charge is 0.339 e. The lowest BCUT2D eigenvalue weighted by Crippen LogP contribution is -2.06. The standard InChI is InChI=1S/C8H7ClO4S.C6H6/c1-13-8(10)6-4-2-3-5-7(6)14(9,11)12;1-2-4-6-5-3-1/h2-5H,1H3;1-6H. The van der Waals surface area contributed by atoms with Crippen LogP contribution < -0.4 is 0 Å². The second-order valence-electron chi connectivity index (χ2n) is 3.58. The molecule has 0 bridgehead atoms. The van der Waals surface area contributed by atoms with Crippen molar-refractivity contribution in [3.8, 4) is 0 Å². The van der Waals surface area contributed by atoms with Gasteiger partial charge in [-0.2, -0.15) is 0 Å². The van der Waals surface area contributed by atoms with E-state index < -0.39 is 15.0 Å². The Kier molecular flexibility index (Phi) is 6.21. The third kappa shape index (κ3) is 5.03. The van der Waals surface area contributed by atoms with E-state index in [9.17, 15) is 13.2 Å². The van der Waals surface area contributed by atoms with E-state index >= 15 is 0 Å². The maximum Gasteiger partial charge on any atom is 0.339 e. The van der Waals surface area contributed by atoms with Crippen LogP contribution in [0.2, 0.25) is 0 Å². The number of rotatable bonds is 2. The number of methoxy groups -OCH3 is 1. The topological polar surface area (TPSA) is 60.4 Å². The zero-order valence-electron chi connectivity index (χ0n) is 10.7. The molecule has 0 aromatic heterocycles. The van der Waals surface area contributed by atoms with E-state index in [-0.39, 0.29) is 10.5 Å². The van der Waals surface area contributed by atoms with Gasteiger partial charge in [0, 0.05) is 10.7 Å². The van der Waals surface area contributed by atoms with Gasteiger partial charge in [0.25, 0.3) is 9.05 Å². The molecule has 0 amide bonds. The van der Waals surface area contributed by atoms with E-state index in [0.29, 0.717) is 0 Å². The van der Waals surface area contributed by atoms with Crippen molar-refractivity contribution in [3.05, 3.63) is 66.2 Å². The van der Waals surface area contributed by atoms with E-state index in [2.05, 4.69) is 4.74 Å². The number of halogens is 1. The van der Waals surface area contributed by atoms with Gasteiger partial charge in [0.15, 0.2) is 0 Å². The molecule has 2 aromatic carbocycles. The lowest BCUT2D eigenvalue weighted by molar-refractivity contribution is 0.0596. The molecule has 20 heavy (non-hydrogen) atoms. The van der Waals surface area contributed by atoms with Crippen molar-refractivity contribution in [2.45, 2.75) is 4.90 Å². The van der Waals surface area contributed by atoms with Crippen molar-refractivity contribution >= 4 is 25.7 Å². The summed E-state index contributed by atoms with van der Waals surface area (Å²) in [5, 5.41) is 0. The zero-order valence-corrected chi connectivity index (χ0v) is 12.3. The first-order valence-corrected chi connectivity index (χ1v) is 7.89. The normalized spacial score (nSPS) is 10.1. The van der Waals surface area contributed by atoms with E-state index in [4.69, 9.17) is 10.7 Å². The van der Waals surface area contributed by atoms with Crippen molar-refractivity contribution in [1.82, 2.24) is 0 Å². The number of hydrogen-bond donors (Lipinski definition) is 0. The minimum Gasteiger partial charge on any atom is -0.465 e. The molecule has 4 nitrogen and oxygen atoms in total. The summed E-state index contributed by atoms with van der Waals surface area (Å²) in [6.45, 7) is 0. The lowest BCUT2D eigenvalue weighted by Gasteiger charge is -2.03. The monoisotopic (exact) mass is 312 g/mol. The molecule has 0 fully saturated rings. The summed E-state index contributed by atoms with van der Waals surface area (Å²) in [6, 6.07) is 17.6. The van der Waals surface area contributed by atoms with Crippen molar-refractivity contribution in [2.75, 3.05) is 7.11 Å². The third-order valence-electron chi connectivity index (χ3n) is 2.22. The minimum atomic E-state index is -3.92. The van der Waals surface area contributed by atoms with Gasteiger partial charge in [-0.3, -0.25) is 0 Å².